The third-order valence-electron chi connectivity index (χ3n) is 5.67. The summed E-state index contributed by atoms with van der Waals surface area (Å²) in [5.74, 6) is 0.112. The van der Waals surface area contributed by atoms with Gasteiger partial charge < -0.3 is 14.2 Å². The number of methoxy groups -OCH3 is 1. The number of hydrogen-bond acceptors (Lipinski definition) is 8. The minimum atomic E-state index is -0.401. The summed E-state index contributed by atoms with van der Waals surface area (Å²) in [7, 11) is 3.14. The third-order valence-corrected chi connectivity index (χ3v) is 7.01. The molecule has 0 atom stereocenters. The number of halogens is 1. The van der Waals surface area contributed by atoms with Crippen LogP contribution in [0.1, 0.15) is 34.0 Å². The molecule has 0 N–H and O–H groups in total. The summed E-state index contributed by atoms with van der Waals surface area (Å²) >= 11 is 7.76. The Kier molecular flexibility index (Phi) is 8.92. The van der Waals surface area contributed by atoms with Crippen LogP contribution < -0.4 is 9.47 Å². The van der Waals surface area contributed by atoms with Crippen molar-refractivity contribution >= 4 is 52.2 Å². The molecule has 10 heteroatoms. The first-order valence-electron chi connectivity index (χ1n) is 11.9. The number of benzene rings is 3. The van der Waals surface area contributed by atoms with Crippen LogP contribution in [0.3, 0.4) is 0 Å². The Morgan fingerprint density at radius 1 is 1.18 bits per heavy atom. The molecule has 1 saturated heterocycles. The average molecular weight is 562 g/mol. The van der Waals surface area contributed by atoms with Crippen LogP contribution in [0.2, 0.25) is 5.02 Å². The van der Waals surface area contributed by atoms with Crippen LogP contribution >= 0.6 is 23.4 Å². The van der Waals surface area contributed by atoms with Crippen molar-refractivity contribution in [2.75, 3.05) is 20.8 Å². The van der Waals surface area contributed by atoms with Crippen LogP contribution in [0.15, 0.2) is 70.6 Å². The fraction of sp³-hybridized carbons (Fsp3) is 0.172. The normalized spacial score (nSPS) is 14.9. The molecule has 0 radical (unpaired) electrons. The van der Waals surface area contributed by atoms with Gasteiger partial charge in [-0.25, -0.2) is 9.79 Å². The number of amides is 1. The lowest BCUT2D eigenvalue weighted by molar-refractivity contribution is -0.121. The standard InChI is InChI=1S/C29H24ClN3O5S/c1-4-37-28(35)19-9-11-22(12-10-19)32-29-33(2)27(34)25(39-29)15-18-13-23(30)26(24(14-18)36-3)38-17-21-8-6-5-7-20(21)16-31/h5-15H,4,17H2,1-3H3. The molecule has 198 valence electrons. The van der Waals surface area contributed by atoms with Gasteiger partial charge in [-0.3, -0.25) is 9.69 Å². The number of nitriles is 1. The van der Waals surface area contributed by atoms with E-state index in [1.54, 1.807) is 68.6 Å². The number of ether oxygens (including phenoxy) is 3. The van der Waals surface area contributed by atoms with Crippen LogP contribution in [-0.4, -0.2) is 42.7 Å². The Balaban J connectivity index is 1.54. The zero-order chi connectivity index (χ0) is 27.9. The summed E-state index contributed by atoms with van der Waals surface area (Å²) in [6, 6.07) is 19.3. The van der Waals surface area contributed by atoms with Crippen molar-refractivity contribution in [1.82, 2.24) is 4.90 Å². The summed E-state index contributed by atoms with van der Waals surface area (Å²) in [5, 5.41) is 10.1. The van der Waals surface area contributed by atoms with Gasteiger partial charge in [0.1, 0.15) is 6.61 Å². The fourth-order valence-electron chi connectivity index (χ4n) is 3.67. The number of nitrogens with zero attached hydrogens (tertiary/aromatic N) is 3. The number of likely N-dealkylation sites (N-methyl/N-ethyl adjacent to an activating group) is 1. The van der Waals surface area contributed by atoms with Crippen LogP contribution in [0.4, 0.5) is 5.69 Å². The minimum Gasteiger partial charge on any atom is -0.493 e. The van der Waals surface area contributed by atoms with E-state index >= 15 is 0 Å². The van der Waals surface area contributed by atoms with Crippen molar-refractivity contribution in [3.8, 4) is 17.6 Å². The number of rotatable bonds is 8. The Labute approximate surface area is 235 Å². The Morgan fingerprint density at radius 2 is 1.92 bits per heavy atom. The Morgan fingerprint density at radius 3 is 2.62 bits per heavy atom. The lowest BCUT2D eigenvalue weighted by atomic mass is 10.1. The van der Waals surface area contributed by atoms with E-state index < -0.39 is 5.97 Å². The summed E-state index contributed by atoms with van der Waals surface area (Å²) in [5.41, 5.74) is 2.91. The zero-order valence-corrected chi connectivity index (χ0v) is 23.0. The van der Waals surface area contributed by atoms with E-state index in [-0.39, 0.29) is 12.5 Å². The van der Waals surface area contributed by atoms with Gasteiger partial charge >= 0.3 is 5.97 Å². The lowest BCUT2D eigenvalue weighted by Crippen LogP contribution is -2.23. The number of amidine groups is 1. The SMILES string of the molecule is CCOC(=O)c1ccc(N=C2SC(=Cc3cc(Cl)c(OCc4ccccc4C#N)c(OC)c3)C(=O)N2C)cc1. The van der Waals surface area contributed by atoms with E-state index in [0.29, 0.717) is 55.6 Å². The molecule has 1 aliphatic rings. The van der Waals surface area contributed by atoms with Gasteiger partial charge in [0.15, 0.2) is 16.7 Å². The van der Waals surface area contributed by atoms with Gasteiger partial charge in [-0.2, -0.15) is 5.26 Å². The van der Waals surface area contributed by atoms with Crippen molar-refractivity contribution in [3.63, 3.8) is 0 Å². The second kappa shape index (κ2) is 12.5. The van der Waals surface area contributed by atoms with E-state index in [4.69, 9.17) is 25.8 Å². The second-order valence-corrected chi connectivity index (χ2v) is 9.64. The smallest absolute Gasteiger partial charge is 0.338 e. The van der Waals surface area contributed by atoms with Gasteiger partial charge in [0, 0.05) is 12.6 Å². The van der Waals surface area contributed by atoms with E-state index in [9.17, 15) is 14.9 Å². The Bertz CT molecular complexity index is 1510. The first-order chi connectivity index (χ1) is 18.8. The summed E-state index contributed by atoms with van der Waals surface area (Å²) in [6.45, 7) is 2.18. The largest absolute Gasteiger partial charge is 0.493 e. The van der Waals surface area contributed by atoms with Gasteiger partial charge in [0.2, 0.25) is 0 Å². The first-order valence-corrected chi connectivity index (χ1v) is 13.1. The van der Waals surface area contributed by atoms with Crippen molar-refractivity contribution in [2.24, 2.45) is 4.99 Å². The minimum absolute atomic E-state index is 0.139. The Hall–Kier alpha value is -4.26. The van der Waals surface area contributed by atoms with Crippen LogP contribution in [-0.2, 0) is 16.1 Å². The number of aliphatic imine (C=N–C) groups is 1. The predicted octanol–water partition coefficient (Wildman–Crippen LogP) is 6.21. The topological polar surface area (TPSA) is 101 Å². The number of thioether (sulfide) groups is 1. The van der Waals surface area contributed by atoms with Gasteiger partial charge in [-0.1, -0.05) is 29.8 Å². The molecule has 0 bridgehead atoms. The highest BCUT2D eigenvalue weighted by Gasteiger charge is 2.30. The molecule has 1 fully saturated rings. The lowest BCUT2D eigenvalue weighted by Gasteiger charge is -2.14. The molecule has 0 unspecified atom stereocenters. The quantitative estimate of drug-likeness (QED) is 0.238. The molecule has 4 rings (SSSR count). The molecule has 8 nitrogen and oxygen atoms in total. The van der Waals surface area contributed by atoms with Gasteiger partial charge in [0.25, 0.3) is 5.91 Å². The highest BCUT2D eigenvalue weighted by molar-refractivity contribution is 8.18. The number of carbonyl (C=O) groups is 2. The van der Waals surface area contributed by atoms with Crippen LogP contribution in [0.25, 0.3) is 6.08 Å². The van der Waals surface area contributed by atoms with Crippen molar-refractivity contribution in [1.29, 1.82) is 5.26 Å². The molecule has 1 aliphatic heterocycles. The molecule has 0 spiro atoms. The maximum atomic E-state index is 12.9. The first kappa shape index (κ1) is 27.8. The van der Waals surface area contributed by atoms with Crippen molar-refractivity contribution in [2.45, 2.75) is 13.5 Å². The molecule has 1 heterocycles. The van der Waals surface area contributed by atoms with Crippen molar-refractivity contribution in [3.05, 3.63) is 92.8 Å². The molecule has 0 saturated carbocycles. The molecule has 0 aliphatic carbocycles. The molecule has 1 amide bonds. The molecule has 39 heavy (non-hydrogen) atoms. The van der Waals surface area contributed by atoms with E-state index in [1.165, 1.54) is 23.8 Å². The maximum absolute atomic E-state index is 12.9. The molecule has 3 aromatic carbocycles. The summed E-state index contributed by atoms with van der Waals surface area (Å²) in [6.07, 6.45) is 1.71. The van der Waals surface area contributed by atoms with Gasteiger partial charge in [-0.15, -0.1) is 0 Å². The van der Waals surface area contributed by atoms with E-state index in [2.05, 4.69) is 11.1 Å². The monoisotopic (exact) mass is 561 g/mol. The van der Waals surface area contributed by atoms with Crippen LogP contribution in [0, 0.1) is 11.3 Å². The van der Waals surface area contributed by atoms with Gasteiger partial charge in [0.05, 0.1) is 46.5 Å². The number of hydrogen-bond donors (Lipinski definition) is 0. The molecular weight excluding hydrogens is 538 g/mol. The third kappa shape index (κ3) is 6.42. The van der Waals surface area contributed by atoms with Gasteiger partial charge in [-0.05, 0) is 72.8 Å². The van der Waals surface area contributed by atoms with Crippen LogP contribution in [0.5, 0.6) is 11.5 Å². The van der Waals surface area contributed by atoms with Crippen molar-refractivity contribution < 1.29 is 23.8 Å². The molecule has 3 aromatic rings. The number of esters is 1. The summed E-state index contributed by atoms with van der Waals surface area (Å²) < 4.78 is 16.4. The molecular formula is C29H24ClN3O5S. The maximum Gasteiger partial charge on any atom is 0.338 e. The highest BCUT2D eigenvalue weighted by atomic mass is 35.5. The highest BCUT2D eigenvalue weighted by Crippen LogP contribution is 2.39. The molecule has 0 aromatic heterocycles. The average Bonchev–Trinajstić information content (AvgIpc) is 3.20. The van der Waals surface area contributed by atoms with E-state index in [1.807, 2.05) is 12.1 Å². The van der Waals surface area contributed by atoms with E-state index in [0.717, 1.165) is 5.56 Å². The fourth-order valence-corrected chi connectivity index (χ4v) is 4.93. The zero-order valence-electron chi connectivity index (χ0n) is 21.4. The predicted molar refractivity (Wildman–Crippen MR) is 151 cm³/mol. The summed E-state index contributed by atoms with van der Waals surface area (Å²) in [4.78, 5) is 31.3. The number of carbonyl (C=O) groups excluding carboxylic acids is 2. The second-order valence-electron chi connectivity index (χ2n) is 8.23.